The molecule has 0 spiro atoms. The molecule has 0 aliphatic heterocycles. The van der Waals surface area contributed by atoms with Crippen molar-refractivity contribution < 1.29 is 14.2 Å². The van der Waals surface area contributed by atoms with Gasteiger partial charge in [0.1, 0.15) is 12.4 Å². The van der Waals surface area contributed by atoms with Crippen LogP contribution in [0.5, 0.6) is 17.2 Å². The van der Waals surface area contributed by atoms with Crippen molar-refractivity contribution in [2.75, 3.05) is 7.11 Å². The third kappa shape index (κ3) is 4.42. The van der Waals surface area contributed by atoms with Gasteiger partial charge >= 0.3 is 0 Å². The summed E-state index contributed by atoms with van der Waals surface area (Å²) in [6.07, 6.45) is 0.184. The maximum Gasteiger partial charge on any atom is 0.161 e. The summed E-state index contributed by atoms with van der Waals surface area (Å²) < 4.78 is 16.8. The van der Waals surface area contributed by atoms with Gasteiger partial charge in [-0.25, -0.2) is 0 Å². The first-order chi connectivity index (χ1) is 10.1. The summed E-state index contributed by atoms with van der Waals surface area (Å²) in [5.74, 6) is 2.39. The van der Waals surface area contributed by atoms with Crippen molar-refractivity contribution in [3.05, 3.63) is 53.6 Å². The molecule has 0 saturated heterocycles. The van der Waals surface area contributed by atoms with Gasteiger partial charge in [0.2, 0.25) is 0 Å². The van der Waals surface area contributed by atoms with E-state index in [1.54, 1.807) is 7.11 Å². The van der Waals surface area contributed by atoms with Crippen molar-refractivity contribution in [3.8, 4) is 17.2 Å². The van der Waals surface area contributed by atoms with Gasteiger partial charge in [-0.05, 0) is 56.2 Å². The Morgan fingerprint density at radius 2 is 1.67 bits per heavy atom. The van der Waals surface area contributed by atoms with E-state index in [0.717, 1.165) is 28.4 Å². The van der Waals surface area contributed by atoms with E-state index >= 15 is 0 Å². The number of hydrogen-bond donors (Lipinski definition) is 0. The van der Waals surface area contributed by atoms with Gasteiger partial charge in [0.25, 0.3) is 0 Å². The molecule has 3 nitrogen and oxygen atoms in total. The maximum absolute atomic E-state index is 5.82. The molecule has 0 saturated carbocycles. The maximum atomic E-state index is 5.82. The minimum atomic E-state index is 0.184. The largest absolute Gasteiger partial charge is 0.493 e. The first kappa shape index (κ1) is 15.2. The number of rotatable bonds is 6. The second-order valence-electron chi connectivity index (χ2n) is 5.25. The summed E-state index contributed by atoms with van der Waals surface area (Å²) in [5, 5.41) is 0. The number of methoxy groups -OCH3 is 1. The summed E-state index contributed by atoms with van der Waals surface area (Å²) in [6.45, 7) is 6.56. The second kappa shape index (κ2) is 7.02. The highest BCUT2D eigenvalue weighted by Crippen LogP contribution is 2.28. The van der Waals surface area contributed by atoms with Crippen LogP contribution in [-0.2, 0) is 6.61 Å². The predicted octanol–water partition coefficient (Wildman–Crippen LogP) is 4.37. The Morgan fingerprint density at radius 1 is 0.952 bits per heavy atom. The lowest BCUT2D eigenvalue weighted by Gasteiger charge is -2.12. The lowest BCUT2D eigenvalue weighted by atomic mass is 10.2. The molecule has 0 radical (unpaired) electrons. The minimum Gasteiger partial charge on any atom is -0.493 e. The quantitative estimate of drug-likeness (QED) is 0.789. The van der Waals surface area contributed by atoms with Crippen LogP contribution in [0.1, 0.15) is 25.0 Å². The van der Waals surface area contributed by atoms with Crippen LogP contribution in [0, 0.1) is 6.92 Å². The van der Waals surface area contributed by atoms with Gasteiger partial charge in [-0.1, -0.05) is 18.2 Å². The molecule has 0 atom stereocenters. The Hall–Kier alpha value is -2.16. The Kier molecular flexibility index (Phi) is 5.09. The third-order valence-corrected chi connectivity index (χ3v) is 3.01. The highest BCUT2D eigenvalue weighted by Gasteiger charge is 2.05. The molecule has 0 unspecified atom stereocenters. The Balaban J connectivity index is 2.00. The average molecular weight is 286 g/mol. The SMILES string of the molecule is COc1cc(C)ccc1OCc1ccc(OC(C)C)cc1. The number of hydrogen-bond acceptors (Lipinski definition) is 3. The topological polar surface area (TPSA) is 27.7 Å². The van der Waals surface area contributed by atoms with E-state index in [-0.39, 0.29) is 6.10 Å². The standard InChI is InChI=1S/C18H22O3/c1-13(2)21-16-8-6-15(7-9-16)12-20-17-10-5-14(3)11-18(17)19-4/h5-11,13H,12H2,1-4H3. The lowest BCUT2D eigenvalue weighted by molar-refractivity contribution is 0.242. The van der Waals surface area contributed by atoms with Crippen molar-refractivity contribution in [3.63, 3.8) is 0 Å². The zero-order valence-corrected chi connectivity index (χ0v) is 13.1. The first-order valence-corrected chi connectivity index (χ1v) is 7.11. The highest BCUT2D eigenvalue weighted by atomic mass is 16.5. The summed E-state index contributed by atoms with van der Waals surface area (Å²) in [6, 6.07) is 13.9. The number of aryl methyl sites for hydroxylation is 1. The molecule has 0 aliphatic rings. The average Bonchev–Trinajstić information content (AvgIpc) is 2.46. The normalized spacial score (nSPS) is 10.5. The summed E-state index contributed by atoms with van der Waals surface area (Å²) >= 11 is 0. The third-order valence-electron chi connectivity index (χ3n) is 3.01. The van der Waals surface area contributed by atoms with Crippen molar-refractivity contribution >= 4 is 0 Å². The minimum absolute atomic E-state index is 0.184. The van der Waals surface area contributed by atoms with Crippen molar-refractivity contribution in [1.29, 1.82) is 0 Å². The fourth-order valence-corrected chi connectivity index (χ4v) is 1.99. The molecule has 0 aromatic heterocycles. The summed E-state index contributed by atoms with van der Waals surface area (Å²) in [5.41, 5.74) is 2.24. The van der Waals surface area contributed by atoms with Crippen molar-refractivity contribution in [2.45, 2.75) is 33.5 Å². The van der Waals surface area contributed by atoms with Gasteiger partial charge in [-0.2, -0.15) is 0 Å². The van der Waals surface area contributed by atoms with Crippen LogP contribution < -0.4 is 14.2 Å². The van der Waals surface area contributed by atoms with Gasteiger partial charge in [-0.15, -0.1) is 0 Å². The van der Waals surface area contributed by atoms with E-state index in [4.69, 9.17) is 14.2 Å². The van der Waals surface area contributed by atoms with Crippen molar-refractivity contribution in [2.24, 2.45) is 0 Å². The van der Waals surface area contributed by atoms with E-state index in [9.17, 15) is 0 Å². The molecular weight excluding hydrogens is 264 g/mol. The molecule has 0 fully saturated rings. The van der Waals surface area contributed by atoms with Crippen LogP contribution in [0.2, 0.25) is 0 Å². The molecule has 0 amide bonds. The van der Waals surface area contributed by atoms with Crippen LogP contribution in [-0.4, -0.2) is 13.2 Å². The molecule has 0 aliphatic carbocycles. The zero-order chi connectivity index (χ0) is 15.2. The Labute approximate surface area is 126 Å². The fraction of sp³-hybridized carbons (Fsp3) is 0.333. The van der Waals surface area contributed by atoms with E-state index in [1.807, 2.05) is 63.2 Å². The second-order valence-corrected chi connectivity index (χ2v) is 5.25. The number of benzene rings is 2. The molecule has 2 rings (SSSR count). The molecule has 2 aromatic carbocycles. The molecule has 2 aromatic rings. The van der Waals surface area contributed by atoms with Crippen molar-refractivity contribution in [1.82, 2.24) is 0 Å². The van der Waals surface area contributed by atoms with E-state index in [0.29, 0.717) is 6.61 Å². The van der Waals surface area contributed by atoms with Gasteiger partial charge in [-0.3, -0.25) is 0 Å². The van der Waals surface area contributed by atoms with Crippen LogP contribution >= 0.6 is 0 Å². The molecule has 0 N–H and O–H groups in total. The smallest absolute Gasteiger partial charge is 0.161 e. The fourth-order valence-electron chi connectivity index (χ4n) is 1.99. The molecule has 21 heavy (non-hydrogen) atoms. The van der Waals surface area contributed by atoms with Crippen LogP contribution in [0.25, 0.3) is 0 Å². The molecular formula is C18H22O3. The predicted molar refractivity (Wildman–Crippen MR) is 84.3 cm³/mol. The summed E-state index contributed by atoms with van der Waals surface area (Å²) in [4.78, 5) is 0. The van der Waals surface area contributed by atoms with E-state index in [2.05, 4.69) is 0 Å². The molecule has 112 valence electrons. The molecule has 3 heteroatoms. The molecule has 0 heterocycles. The van der Waals surface area contributed by atoms with Gasteiger partial charge in [0.15, 0.2) is 11.5 Å². The molecule has 0 bridgehead atoms. The Bertz CT molecular complexity index is 574. The van der Waals surface area contributed by atoms with Crippen LogP contribution in [0.4, 0.5) is 0 Å². The van der Waals surface area contributed by atoms with Gasteiger partial charge in [0, 0.05) is 0 Å². The monoisotopic (exact) mass is 286 g/mol. The van der Waals surface area contributed by atoms with Crippen LogP contribution in [0.3, 0.4) is 0 Å². The van der Waals surface area contributed by atoms with Gasteiger partial charge in [0.05, 0.1) is 13.2 Å². The zero-order valence-electron chi connectivity index (χ0n) is 13.1. The van der Waals surface area contributed by atoms with E-state index < -0.39 is 0 Å². The lowest BCUT2D eigenvalue weighted by Crippen LogP contribution is -2.05. The number of ether oxygens (including phenoxy) is 3. The summed E-state index contributed by atoms with van der Waals surface area (Å²) in [7, 11) is 1.65. The first-order valence-electron chi connectivity index (χ1n) is 7.11. The highest BCUT2D eigenvalue weighted by molar-refractivity contribution is 5.42. The van der Waals surface area contributed by atoms with E-state index in [1.165, 1.54) is 0 Å². The van der Waals surface area contributed by atoms with Gasteiger partial charge < -0.3 is 14.2 Å². The Morgan fingerprint density at radius 3 is 2.29 bits per heavy atom. The van der Waals surface area contributed by atoms with Crippen LogP contribution in [0.15, 0.2) is 42.5 Å².